The van der Waals surface area contributed by atoms with E-state index in [-0.39, 0.29) is 5.41 Å². The maximum atomic E-state index is 10.3. The molecule has 2 heterocycles. The maximum absolute atomic E-state index is 10.3. The lowest BCUT2D eigenvalue weighted by molar-refractivity contribution is 0.0745. The molecule has 0 saturated heterocycles. The standard InChI is InChI=1S/C19H23N3O2S/c1-19(2,3)15(23)9-20-17-16-14(10-25-18(16)22-11-21-17)12-5-7-13(24-4)8-6-12/h5-8,10-11,15,23H,9H2,1-4H3,(H,20,21,22). The molecule has 2 aromatic heterocycles. The average molecular weight is 357 g/mol. The number of thiophene rings is 1. The van der Waals surface area contributed by atoms with E-state index in [1.807, 2.05) is 45.0 Å². The Bertz CT molecular complexity index is 853. The first-order chi connectivity index (χ1) is 11.9. The number of aliphatic hydroxyl groups is 1. The van der Waals surface area contributed by atoms with Gasteiger partial charge in [0.15, 0.2) is 0 Å². The number of ether oxygens (including phenoxy) is 1. The lowest BCUT2D eigenvalue weighted by Crippen LogP contribution is -2.33. The highest BCUT2D eigenvalue weighted by molar-refractivity contribution is 7.17. The summed E-state index contributed by atoms with van der Waals surface area (Å²) in [5.41, 5.74) is 1.98. The number of anilines is 1. The van der Waals surface area contributed by atoms with Gasteiger partial charge in [0.05, 0.1) is 18.6 Å². The van der Waals surface area contributed by atoms with Crippen LogP contribution in [0.5, 0.6) is 5.75 Å². The normalized spacial score (nSPS) is 13.0. The average Bonchev–Trinajstić information content (AvgIpc) is 3.03. The number of methoxy groups -OCH3 is 1. The fourth-order valence-electron chi connectivity index (χ4n) is 2.49. The number of rotatable bonds is 5. The Labute approximate surface area is 151 Å². The quantitative estimate of drug-likeness (QED) is 0.717. The first-order valence-corrected chi connectivity index (χ1v) is 9.06. The summed E-state index contributed by atoms with van der Waals surface area (Å²) >= 11 is 1.59. The van der Waals surface area contributed by atoms with Gasteiger partial charge in [0, 0.05) is 17.5 Å². The highest BCUT2D eigenvalue weighted by Crippen LogP contribution is 2.37. The second-order valence-electron chi connectivity index (χ2n) is 7.04. The lowest BCUT2D eigenvalue weighted by Gasteiger charge is -2.26. The van der Waals surface area contributed by atoms with E-state index in [2.05, 4.69) is 20.7 Å². The van der Waals surface area contributed by atoms with Gasteiger partial charge in [-0.15, -0.1) is 11.3 Å². The van der Waals surface area contributed by atoms with E-state index in [9.17, 15) is 5.11 Å². The number of nitrogens with one attached hydrogen (secondary N) is 1. The third-order valence-corrected chi connectivity index (χ3v) is 5.12. The molecule has 25 heavy (non-hydrogen) atoms. The van der Waals surface area contributed by atoms with Crippen molar-refractivity contribution in [1.82, 2.24) is 9.97 Å². The zero-order valence-corrected chi connectivity index (χ0v) is 15.7. The van der Waals surface area contributed by atoms with Crippen LogP contribution in [0.2, 0.25) is 0 Å². The molecule has 0 radical (unpaired) electrons. The van der Waals surface area contributed by atoms with Crippen LogP contribution in [0, 0.1) is 5.41 Å². The summed E-state index contributed by atoms with van der Waals surface area (Å²) in [6.45, 7) is 6.49. The van der Waals surface area contributed by atoms with E-state index in [0.717, 1.165) is 32.9 Å². The van der Waals surface area contributed by atoms with Gasteiger partial charge >= 0.3 is 0 Å². The Morgan fingerprint density at radius 2 is 1.92 bits per heavy atom. The zero-order valence-electron chi connectivity index (χ0n) is 14.9. The molecule has 3 aromatic rings. The summed E-state index contributed by atoms with van der Waals surface area (Å²) < 4.78 is 5.23. The minimum atomic E-state index is -0.472. The maximum Gasteiger partial charge on any atom is 0.138 e. The number of hydrogen-bond donors (Lipinski definition) is 2. The Kier molecular flexibility index (Phi) is 4.92. The minimum absolute atomic E-state index is 0.188. The van der Waals surface area contributed by atoms with E-state index in [1.54, 1.807) is 24.8 Å². The summed E-state index contributed by atoms with van der Waals surface area (Å²) in [6, 6.07) is 7.94. The van der Waals surface area contributed by atoms with E-state index < -0.39 is 6.10 Å². The molecule has 3 rings (SSSR count). The van der Waals surface area contributed by atoms with Crippen LogP contribution in [0.15, 0.2) is 36.0 Å². The zero-order chi connectivity index (χ0) is 18.0. The number of aliphatic hydroxyl groups excluding tert-OH is 1. The molecule has 1 aromatic carbocycles. The SMILES string of the molecule is COc1ccc(-c2csc3ncnc(NCC(O)C(C)(C)C)c23)cc1. The van der Waals surface area contributed by atoms with Crippen molar-refractivity contribution in [3.05, 3.63) is 36.0 Å². The van der Waals surface area contributed by atoms with Crippen molar-refractivity contribution in [2.45, 2.75) is 26.9 Å². The fourth-order valence-corrected chi connectivity index (χ4v) is 3.41. The van der Waals surface area contributed by atoms with Crippen molar-refractivity contribution in [3.8, 4) is 16.9 Å². The van der Waals surface area contributed by atoms with Crippen molar-refractivity contribution >= 4 is 27.4 Å². The number of aromatic nitrogens is 2. The molecule has 0 aliphatic heterocycles. The van der Waals surface area contributed by atoms with E-state index in [1.165, 1.54) is 0 Å². The summed E-state index contributed by atoms with van der Waals surface area (Å²) in [5, 5.41) is 16.7. The van der Waals surface area contributed by atoms with Gasteiger partial charge in [-0.25, -0.2) is 9.97 Å². The highest BCUT2D eigenvalue weighted by atomic mass is 32.1. The van der Waals surface area contributed by atoms with Crippen molar-refractivity contribution < 1.29 is 9.84 Å². The van der Waals surface area contributed by atoms with Gasteiger partial charge in [-0.2, -0.15) is 0 Å². The Hall–Kier alpha value is -2.18. The van der Waals surface area contributed by atoms with Crippen LogP contribution >= 0.6 is 11.3 Å². The molecule has 0 fully saturated rings. The third-order valence-electron chi connectivity index (χ3n) is 4.23. The van der Waals surface area contributed by atoms with Crippen molar-refractivity contribution in [1.29, 1.82) is 0 Å². The van der Waals surface area contributed by atoms with Crippen LogP contribution in [0.25, 0.3) is 21.3 Å². The van der Waals surface area contributed by atoms with Crippen LogP contribution in [0.1, 0.15) is 20.8 Å². The number of hydrogen-bond acceptors (Lipinski definition) is 6. The molecule has 5 nitrogen and oxygen atoms in total. The number of benzene rings is 1. The van der Waals surface area contributed by atoms with Gasteiger partial charge < -0.3 is 15.2 Å². The molecule has 0 aliphatic carbocycles. The van der Waals surface area contributed by atoms with Gasteiger partial charge in [0.25, 0.3) is 0 Å². The summed E-state index contributed by atoms with van der Waals surface area (Å²) in [7, 11) is 1.66. The second kappa shape index (κ2) is 6.98. The summed E-state index contributed by atoms with van der Waals surface area (Å²) in [6.07, 6.45) is 1.09. The third kappa shape index (κ3) is 3.75. The Morgan fingerprint density at radius 3 is 2.56 bits per heavy atom. The van der Waals surface area contributed by atoms with Crippen molar-refractivity contribution in [3.63, 3.8) is 0 Å². The monoisotopic (exact) mass is 357 g/mol. The first kappa shape index (κ1) is 17.6. The second-order valence-corrected chi connectivity index (χ2v) is 7.90. The molecule has 132 valence electrons. The van der Waals surface area contributed by atoms with Crippen LogP contribution in [0.4, 0.5) is 5.82 Å². The first-order valence-electron chi connectivity index (χ1n) is 8.18. The molecule has 1 atom stereocenters. The summed E-state index contributed by atoms with van der Waals surface area (Å²) in [4.78, 5) is 9.70. The molecule has 0 aliphatic rings. The molecule has 1 unspecified atom stereocenters. The molecule has 2 N–H and O–H groups in total. The lowest BCUT2D eigenvalue weighted by atomic mass is 9.89. The smallest absolute Gasteiger partial charge is 0.138 e. The molecular formula is C19H23N3O2S. The van der Waals surface area contributed by atoms with Gasteiger partial charge in [0.1, 0.15) is 22.7 Å². The predicted octanol–water partition coefficient (Wildman–Crippen LogP) is 4.19. The molecular weight excluding hydrogens is 334 g/mol. The van der Waals surface area contributed by atoms with Crippen molar-refractivity contribution in [2.75, 3.05) is 19.0 Å². The number of nitrogens with zero attached hydrogens (tertiary/aromatic N) is 2. The van der Waals surface area contributed by atoms with E-state index in [4.69, 9.17) is 4.74 Å². The van der Waals surface area contributed by atoms with Crippen molar-refractivity contribution in [2.24, 2.45) is 5.41 Å². The molecule has 0 amide bonds. The molecule has 0 spiro atoms. The Balaban J connectivity index is 1.95. The highest BCUT2D eigenvalue weighted by Gasteiger charge is 2.22. The molecule has 0 saturated carbocycles. The largest absolute Gasteiger partial charge is 0.497 e. The fraction of sp³-hybridized carbons (Fsp3) is 0.368. The topological polar surface area (TPSA) is 67.3 Å². The van der Waals surface area contributed by atoms with E-state index in [0.29, 0.717) is 6.54 Å². The minimum Gasteiger partial charge on any atom is -0.497 e. The van der Waals surface area contributed by atoms with E-state index >= 15 is 0 Å². The van der Waals surface area contributed by atoms with Gasteiger partial charge in [0.2, 0.25) is 0 Å². The van der Waals surface area contributed by atoms with Crippen LogP contribution < -0.4 is 10.1 Å². The Morgan fingerprint density at radius 1 is 1.20 bits per heavy atom. The van der Waals surface area contributed by atoms with Crippen LogP contribution in [0.3, 0.4) is 0 Å². The van der Waals surface area contributed by atoms with Gasteiger partial charge in [-0.05, 0) is 23.1 Å². The van der Waals surface area contributed by atoms with Crippen LogP contribution in [-0.4, -0.2) is 34.8 Å². The predicted molar refractivity (Wildman–Crippen MR) is 103 cm³/mol. The molecule has 0 bridgehead atoms. The van der Waals surface area contributed by atoms with Crippen LogP contribution in [-0.2, 0) is 0 Å². The van der Waals surface area contributed by atoms with Gasteiger partial charge in [-0.3, -0.25) is 0 Å². The number of fused-ring (bicyclic) bond motifs is 1. The molecule has 6 heteroatoms. The summed E-state index contributed by atoms with van der Waals surface area (Å²) in [5.74, 6) is 1.58. The van der Waals surface area contributed by atoms with Gasteiger partial charge in [-0.1, -0.05) is 32.9 Å².